The summed E-state index contributed by atoms with van der Waals surface area (Å²) >= 11 is 1.94. The molecule has 3 nitrogen and oxygen atoms in total. The molecule has 1 aliphatic heterocycles. The fourth-order valence-electron chi connectivity index (χ4n) is 3.60. The minimum atomic E-state index is 0.0269. The molecular weight excluding hydrogens is 256 g/mol. The number of hydrogen-bond donors (Lipinski definition) is 1. The number of nitrogens with one attached hydrogen (secondary N) is 1. The SMILES string of the molecule is CNC1(c2nc3c(s2)CCCC3)CC(C)OC(C)C1. The molecule has 0 bridgehead atoms. The molecule has 2 atom stereocenters. The molecule has 1 saturated heterocycles. The van der Waals surface area contributed by atoms with Crippen LogP contribution in [0.2, 0.25) is 0 Å². The van der Waals surface area contributed by atoms with Crippen LogP contribution in [0.5, 0.6) is 0 Å². The minimum Gasteiger partial charge on any atom is -0.375 e. The van der Waals surface area contributed by atoms with Gasteiger partial charge >= 0.3 is 0 Å². The summed E-state index contributed by atoms with van der Waals surface area (Å²) in [6.45, 7) is 4.35. The monoisotopic (exact) mass is 280 g/mol. The van der Waals surface area contributed by atoms with Crippen LogP contribution in [0.4, 0.5) is 0 Å². The summed E-state index contributed by atoms with van der Waals surface area (Å²) in [5.41, 5.74) is 1.40. The third-order valence-electron chi connectivity index (χ3n) is 4.47. The Bertz CT molecular complexity index is 423. The molecule has 2 unspecified atom stereocenters. The Kier molecular flexibility index (Phi) is 3.67. The van der Waals surface area contributed by atoms with Gasteiger partial charge in [0.15, 0.2) is 0 Å². The van der Waals surface area contributed by atoms with Crippen molar-refractivity contribution in [2.75, 3.05) is 7.05 Å². The molecule has 2 aliphatic rings. The predicted molar refractivity (Wildman–Crippen MR) is 78.7 cm³/mol. The molecule has 1 aromatic rings. The lowest BCUT2D eigenvalue weighted by Crippen LogP contribution is -2.49. The van der Waals surface area contributed by atoms with E-state index in [1.54, 1.807) is 0 Å². The molecule has 19 heavy (non-hydrogen) atoms. The van der Waals surface area contributed by atoms with E-state index in [1.165, 1.54) is 41.3 Å². The van der Waals surface area contributed by atoms with Crippen LogP contribution in [0, 0.1) is 0 Å². The molecule has 2 heterocycles. The molecule has 3 rings (SSSR count). The smallest absolute Gasteiger partial charge is 0.113 e. The Hall–Kier alpha value is -0.450. The number of nitrogens with zero attached hydrogens (tertiary/aromatic N) is 1. The highest BCUT2D eigenvalue weighted by Gasteiger charge is 2.41. The van der Waals surface area contributed by atoms with Crippen LogP contribution in [0.3, 0.4) is 0 Å². The molecule has 0 spiro atoms. The van der Waals surface area contributed by atoms with Crippen LogP contribution in [0.25, 0.3) is 0 Å². The van der Waals surface area contributed by atoms with E-state index in [-0.39, 0.29) is 5.54 Å². The number of thiazole rings is 1. The van der Waals surface area contributed by atoms with Crippen LogP contribution >= 0.6 is 11.3 Å². The maximum absolute atomic E-state index is 5.90. The van der Waals surface area contributed by atoms with Gasteiger partial charge in [-0.05, 0) is 59.4 Å². The molecule has 0 aromatic carbocycles. The van der Waals surface area contributed by atoms with E-state index in [2.05, 4.69) is 26.2 Å². The van der Waals surface area contributed by atoms with Crippen LogP contribution in [-0.4, -0.2) is 24.2 Å². The Morgan fingerprint density at radius 3 is 2.53 bits per heavy atom. The van der Waals surface area contributed by atoms with E-state index in [9.17, 15) is 0 Å². The topological polar surface area (TPSA) is 34.2 Å². The van der Waals surface area contributed by atoms with Gasteiger partial charge in [-0.3, -0.25) is 0 Å². The first-order valence-corrected chi connectivity index (χ1v) is 8.28. The molecule has 0 amide bonds. The number of ether oxygens (including phenoxy) is 1. The van der Waals surface area contributed by atoms with Gasteiger partial charge in [0.05, 0.1) is 23.4 Å². The largest absolute Gasteiger partial charge is 0.375 e. The summed E-state index contributed by atoms with van der Waals surface area (Å²) in [5, 5.41) is 4.87. The molecule has 4 heteroatoms. The highest BCUT2D eigenvalue weighted by molar-refractivity contribution is 7.11. The van der Waals surface area contributed by atoms with E-state index < -0.39 is 0 Å². The van der Waals surface area contributed by atoms with Crippen LogP contribution in [0.15, 0.2) is 0 Å². The average Bonchev–Trinajstić information content (AvgIpc) is 2.81. The van der Waals surface area contributed by atoms with Crippen molar-refractivity contribution in [3.63, 3.8) is 0 Å². The van der Waals surface area contributed by atoms with Gasteiger partial charge in [-0.15, -0.1) is 11.3 Å². The zero-order valence-electron chi connectivity index (χ0n) is 12.2. The summed E-state index contributed by atoms with van der Waals surface area (Å²) in [6, 6.07) is 0. The fraction of sp³-hybridized carbons (Fsp3) is 0.800. The van der Waals surface area contributed by atoms with Crippen molar-refractivity contribution in [2.45, 2.75) is 70.1 Å². The second-order valence-corrected chi connectivity index (χ2v) is 7.18. The lowest BCUT2D eigenvalue weighted by atomic mass is 9.84. The van der Waals surface area contributed by atoms with Crippen LogP contribution in [-0.2, 0) is 23.1 Å². The van der Waals surface area contributed by atoms with E-state index >= 15 is 0 Å². The van der Waals surface area contributed by atoms with Gasteiger partial charge in [-0.1, -0.05) is 0 Å². The average molecular weight is 280 g/mol. The fourth-order valence-corrected chi connectivity index (χ4v) is 4.97. The van der Waals surface area contributed by atoms with Crippen molar-refractivity contribution in [3.8, 4) is 0 Å². The normalized spacial score (nSPS) is 35.1. The zero-order chi connectivity index (χ0) is 13.5. The Labute approximate surface area is 119 Å². The van der Waals surface area contributed by atoms with E-state index in [0.717, 1.165) is 12.8 Å². The highest BCUT2D eigenvalue weighted by Crippen LogP contribution is 2.41. The van der Waals surface area contributed by atoms with Gasteiger partial charge < -0.3 is 10.1 Å². The maximum Gasteiger partial charge on any atom is 0.113 e. The molecule has 1 aliphatic carbocycles. The number of aryl methyl sites for hydroxylation is 2. The van der Waals surface area contributed by atoms with Crippen molar-refractivity contribution in [2.24, 2.45) is 0 Å². The second kappa shape index (κ2) is 5.15. The van der Waals surface area contributed by atoms with E-state index in [4.69, 9.17) is 9.72 Å². The summed E-state index contributed by atoms with van der Waals surface area (Å²) in [5.74, 6) is 0. The Morgan fingerprint density at radius 1 is 1.21 bits per heavy atom. The maximum atomic E-state index is 5.90. The van der Waals surface area contributed by atoms with Gasteiger partial charge in [-0.25, -0.2) is 4.98 Å². The number of hydrogen-bond acceptors (Lipinski definition) is 4. The first-order chi connectivity index (χ1) is 9.13. The van der Waals surface area contributed by atoms with E-state index in [0.29, 0.717) is 12.2 Å². The van der Waals surface area contributed by atoms with Crippen molar-refractivity contribution in [3.05, 3.63) is 15.6 Å². The summed E-state index contributed by atoms with van der Waals surface area (Å²) in [6.07, 6.45) is 7.70. The summed E-state index contributed by atoms with van der Waals surface area (Å²) in [4.78, 5) is 6.52. The molecule has 106 valence electrons. The zero-order valence-corrected chi connectivity index (χ0v) is 13.0. The predicted octanol–water partition coefficient (Wildman–Crippen LogP) is 3.02. The first kappa shape index (κ1) is 13.5. The number of aromatic nitrogens is 1. The van der Waals surface area contributed by atoms with E-state index in [1.807, 2.05) is 11.3 Å². The second-order valence-electron chi connectivity index (χ2n) is 6.09. The van der Waals surface area contributed by atoms with Crippen molar-refractivity contribution in [1.82, 2.24) is 10.3 Å². The number of rotatable bonds is 2. The molecule has 1 N–H and O–H groups in total. The van der Waals surface area contributed by atoms with Gasteiger partial charge in [0.25, 0.3) is 0 Å². The van der Waals surface area contributed by atoms with Gasteiger partial charge in [0.1, 0.15) is 5.01 Å². The standard InChI is InChI=1S/C15H24N2OS/c1-10-8-15(16-3,9-11(2)18-10)14-17-12-6-4-5-7-13(12)19-14/h10-11,16H,4-9H2,1-3H3. The molecule has 0 saturated carbocycles. The number of fused-ring (bicyclic) bond motifs is 1. The molecule has 1 aromatic heterocycles. The Balaban J connectivity index is 1.94. The quantitative estimate of drug-likeness (QED) is 0.904. The van der Waals surface area contributed by atoms with Crippen molar-refractivity contribution in [1.29, 1.82) is 0 Å². The van der Waals surface area contributed by atoms with Gasteiger partial charge in [0.2, 0.25) is 0 Å². The first-order valence-electron chi connectivity index (χ1n) is 7.46. The van der Waals surface area contributed by atoms with Gasteiger partial charge in [0, 0.05) is 4.88 Å². The Morgan fingerprint density at radius 2 is 1.89 bits per heavy atom. The third kappa shape index (κ3) is 2.46. The third-order valence-corrected chi connectivity index (χ3v) is 5.83. The molecular formula is C15H24N2OS. The summed E-state index contributed by atoms with van der Waals surface area (Å²) in [7, 11) is 2.07. The summed E-state index contributed by atoms with van der Waals surface area (Å²) < 4.78 is 5.90. The minimum absolute atomic E-state index is 0.0269. The highest BCUT2D eigenvalue weighted by atomic mass is 32.1. The van der Waals surface area contributed by atoms with Gasteiger partial charge in [-0.2, -0.15) is 0 Å². The van der Waals surface area contributed by atoms with Crippen molar-refractivity contribution >= 4 is 11.3 Å². The molecule has 1 fully saturated rings. The van der Waals surface area contributed by atoms with Crippen LogP contribution < -0.4 is 5.32 Å². The van der Waals surface area contributed by atoms with Crippen molar-refractivity contribution < 1.29 is 4.74 Å². The lowest BCUT2D eigenvalue weighted by Gasteiger charge is -2.41. The van der Waals surface area contributed by atoms with Crippen LogP contribution in [0.1, 0.15) is 55.1 Å². The molecule has 0 radical (unpaired) electrons. The lowest BCUT2D eigenvalue weighted by molar-refractivity contribution is -0.0696.